The number of aromatic nitrogens is 1. The Hall–Kier alpha value is -1.77. The van der Waals surface area contributed by atoms with E-state index in [1.807, 2.05) is 12.1 Å². The lowest BCUT2D eigenvalue weighted by atomic mass is 10.1. The zero-order valence-electron chi connectivity index (χ0n) is 10.4. The van der Waals surface area contributed by atoms with Gasteiger partial charge >= 0.3 is 5.97 Å². The second-order valence-corrected chi connectivity index (χ2v) is 4.52. The summed E-state index contributed by atoms with van der Waals surface area (Å²) >= 11 is 0. The van der Waals surface area contributed by atoms with Gasteiger partial charge in [0.2, 0.25) is 0 Å². The molecule has 90 valence electrons. The van der Waals surface area contributed by atoms with Gasteiger partial charge in [-0.1, -0.05) is 19.1 Å². The van der Waals surface area contributed by atoms with Gasteiger partial charge in [0.15, 0.2) is 0 Å². The van der Waals surface area contributed by atoms with Crippen molar-refractivity contribution < 1.29 is 9.90 Å². The molecule has 0 spiro atoms. The molecule has 2 rings (SSSR count). The zero-order valence-corrected chi connectivity index (χ0v) is 10.4. The van der Waals surface area contributed by atoms with Gasteiger partial charge in [0.05, 0.1) is 11.1 Å². The summed E-state index contributed by atoms with van der Waals surface area (Å²) < 4.78 is 2.05. The molecule has 1 aromatic carbocycles. The lowest BCUT2D eigenvalue weighted by molar-refractivity contribution is 0.0698. The van der Waals surface area contributed by atoms with Crippen LogP contribution >= 0.6 is 0 Å². The van der Waals surface area contributed by atoms with E-state index in [4.69, 9.17) is 0 Å². The molecular weight excluding hydrogens is 214 g/mol. The van der Waals surface area contributed by atoms with Gasteiger partial charge in [-0.15, -0.1) is 0 Å². The number of aryl methyl sites for hydroxylation is 1. The minimum absolute atomic E-state index is 0.262. The van der Waals surface area contributed by atoms with Gasteiger partial charge in [-0.25, -0.2) is 4.79 Å². The standard InChI is InChI=1S/C14H17NO2/c1-4-10-8-15(9(2)3)13-11(10)6-5-7-12(13)14(16)17/h5-9H,4H2,1-3H3,(H,16,17). The maximum Gasteiger partial charge on any atom is 0.337 e. The highest BCUT2D eigenvalue weighted by molar-refractivity contribution is 6.03. The van der Waals surface area contributed by atoms with E-state index in [9.17, 15) is 9.90 Å². The molecule has 3 nitrogen and oxygen atoms in total. The van der Waals surface area contributed by atoms with Gasteiger partial charge in [-0.05, 0) is 31.9 Å². The zero-order chi connectivity index (χ0) is 12.6. The van der Waals surface area contributed by atoms with Gasteiger partial charge in [-0.3, -0.25) is 0 Å². The van der Waals surface area contributed by atoms with E-state index in [-0.39, 0.29) is 6.04 Å². The monoisotopic (exact) mass is 231 g/mol. The van der Waals surface area contributed by atoms with Crippen molar-refractivity contribution >= 4 is 16.9 Å². The van der Waals surface area contributed by atoms with E-state index in [0.717, 1.165) is 17.3 Å². The van der Waals surface area contributed by atoms with Gasteiger partial charge < -0.3 is 9.67 Å². The van der Waals surface area contributed by atoms with Crippen molar-refractivity contribution in [2.45, 2.75) is 33.2 Å². The van der Waals surface area contributed by atoms with Crippen molar-refractivity contribution in [3.63, 3.8) is 0 Å². The number of fused-ring (bicyclic) bond motifs is 1. The summed E-state index contributed by atoms with van der Waals surface area (Å²) in [7, 11) is 0. The molecule has 0 radical (unpaired) electrons. The lowest BCUT2D eigenvalue weighted by Crippen LogP contribution is -2.04. The molecule has 1 heterocycles. The van der Waals surface area contributed by atoms with Gasteiger partial charge in [0, 0.05) is 17.6 Å². The molecule has 0 aliphatic rings. The maximum absolute atomic E-state index is 11.3. The number of para-hydroxylation sites is 1. The summed E-state index contributed by atoms with van der Waals surface area (Å²) in [6.07, 6.45) is 2.99. The minimum Gasteiger partial charge on any atom is -0.478 e. The Morgan fingerprint density at radius 1 is 1.41 bits per heavy atom. The summed E-state index contributed by atoms with van der Waals surface area (Å²) in [6, 6.07) is 5.75. The SMILES string of the molecule is CCc1cn(C(C)C)c2c(C(=O)O)cccc12. The van der Waals surface area contributed by atoms with E-state index in [1.165, 1.54) is 5.56 Å². The highest BCUT2D eigenvalue weighted by Crippen LogP contribution is 2.28. The average molecular weight is 231 g/mol. The molecule has 0 aliphatic carbocycles. The normalized spacial score (nSPS) is 11.3. The number of carbonyl (C=O) groups is 1. The van der Waals surface area contributed by atoms with E-state index < -0.39 is 5.97 Å². The van der Waals surface area contributed by atoms with Gasteiger partial charge in [0.1, 0.15) is 0 Å². The fourth-order valence-electron chi connectivity index (χ4n) is 2.24. The number of benzene rings is 1. The van der Waals surface area contributed by atoms with Crippen LogP contribution in [0, 0.1) is 0 Å². The Kier molecular flexibility index (Phi) is 2.92. The van der Waals surface area contributed by atoms with Crippen LogP contribution in [0.3, 0.4) is 0 Å². The number of aromatic carboxylic acids is 1. The number of hydrogen-bond donors (Lipinski definition) is 1. The molecule has 1 N–H and O–H groups in total. The molecule has 0 unspecified atom stereocenters. The van der Waals surface area contributed by atoms with Crippen LogP contribution in [0.4, 0.5) is 0 Å². The minimum atomic E-state index is -0.863. The first kappa shape index (κ1) is 11.7. The highest BCUT2D eigenvalue weighted by atomic mass is 16.4. The van der Waals surface area contributed by atoms with Crippen LogP contribution in [0.15, 0.2) is 24.4 Å². The van der Waals surface area contributed by atoms with Crippen LogP contribution in [-0.4, -0.2) is 15.6 Å². The van der Waals surface area contributed by atoms with E-state index in [2.05, 4.69) is 31.5 Å². The number of nitrogens with zero attached hydrogens (tertiary/aromatic N) is 1. The van der Waals surface area contributed by atoms with E-state index in [1.54, 1.807) is 6.07 Å². The van der Waals surface area contributed by atoms with Crippen LogP contribution in [-0.2, 0) is 6.42 Å². The molecule has 0 saturated carbocycles. The van der Waals surface area contributed by atoms with Crippen LogP contribution in [0.2, 0.25) is 0 Å². The Balaban J connectivity index is 2.86. The van der Waals surface area contributed by atoms with Crippen molar-refractivity contribution in [2.24, 2.45) is 0 Å². The predicted octanol–water partition coefficient (Wildman–Crippen LogP) is 3.48. The quantitative estimate of drug-likeness (QED) is 0.878. The Bertz CT molecular complexity index is 567. The van der Waals surface area contributed by atoms with E-state index in [0.29, 0.717) is 5.56 Å². The van der Waals surface area contributed by atoms with Gasteiger partial charge in [0.25, 0.3) is 0 Å². The van der Waals surface area contributed by atoms with Crippen molar-refractivity contribution in [2.75, 3.05) is 0 Å². The highest BCUT2D eigenvalue weighted by Gasteiger charge is 2.16. The molecular formula is C14H17NO2. The molecule has 0 atom stereocenters. The smallest absolute Gasteiger partial charge is 0.337 e. The van der Waals surface area contributed by atoms with Crippen LogP contribution in [0.1, 0.15) is 42.7 Å². The summed E-state index contributed by atoms with van der Waals surface area (Å²) in [5.41, 5.74) is 2.43. The number of rotatable bonds is 3. The molecule has 2 aromatic rings. The van der Waals surface area contributed by atoms with Crippen LogP contribution < -0.4 is 0 Å². The number of carboxylic acid groups (broad SMARTS) is 1. The third kappa shape index (κ3) is 1.82. The molecule has 0 fully saturated rings. The predicted molar refractivity (Wildman–Crippen MR) is 68.7 cm³/mol. The average Bonchev–Trinajstić information content (AvgIpc) is 2.67. The Labute approximate surface area is 101 Å². The first-order valence-electron chi connectivity index (χ1n) is 5.92. The molecule has 1 aromatic heterocycles. The van der Waals surface area contributed by atoms with Crippen molar-refractivity contribution in [3.05, 3.63) is 35.5 Å². The Morgan fingerprint density at radius 2 is 2.12 bits per heavy atom. The van der Waals surface area contributed by atoms with Crippen molar-refractivity contribution in [1.82, 2.24) is 4.57 Å². The fraction of sp³-hybridized carbons (Fsp3) is 0.357. The third-order valence-electron chi connectivity index (χ3n) is 3.10. The van der Waals surface area contributed by atoms with Crippen molar-refractivity contribution in [1.29, 1.82) is 0 Å². The first-order valence-corrected chi connectivity index (χ1v) is 5.92. The largest absolute Gasteiger partial charge is 0.478 e. The Morgan fingerprint density at radius 3 is 2.65 bits per heavy atom. The van der Waals surface area contributed by atoms with Crippen LogP contribution in [0.5, 0.6) is 0 Å². The maximum atomic E-state index is 11.3. The topological polar surface area (TPSA) is 42.2 Å². The second kappa shape index (κ2) is 4.24. The molecule has 0 saturated heterocycles. The van der Waals surface area contributed by atoms with Crippen LogP contribution in [0.25, 0.3) is 10.9 Å². The first-order chi connectivity index (χ1) is 8.06. The summed E-state index contributed by atoms with van der Waals surface area (Å²) in [5.74, 6) is -0.863. The molecule has 3 heteroatoms. The molecule has 17 heavy (non-hydrogen) atoms. The third-order valence-corrected chi connectivity index (χ3v) is 3.10. The molecule has 0 aliphatic heterocycles. The van der Waals surface area contributed by atoms with E-state index >= 15 is 0 Å². The molecule has 0 amide bonds. The fourth-order valence-corrected chi connectivity index (χ4v) is 2.24. The second-order valence-electron chi connectivity index (χ2n) is 4.52. The summed E-state index contributed by atoms with van der Waals surface area (Å²) in [5, 5.41) is 10.3. The summed E-state index contributed by atoms with van der Waals surface area (Å²) in [4.78, 5) is 11.3. The number of carboxylic acids is 1. The lowest BCUT2D eigenvalue weighted by Gasteiger charge is -2.10. The molecule has 0 bridgehead atoms. The van der Waals surface area contributed by atoms with Gasteiger partial charge in [-0.2, -0.15) is 0 Å². The summed E-state index contributed by atoms with van der Waals surface area (Å²) in [6.45, 7) is 6.22. The number of hydrogen-bond acceptors (Lipinski definition) is 1. The van der Waals surface area contributed by atoms with Crippen molar-refractivity contribution in [3.8, 4) is 0 Å².